The van der Waals surface area contributed by atoms with Crippen LogP contribution >= 0.6 is 0 Å². The number of hydrogen-bond donors (Lipinski definition) is 1. The highest BCUT2D eigenvalue weighted by Gasteiger charge is 2.38. The van der Waals surface area contributed by atoms with Gasteiger partial charge in [-0.3, -0.25) is 4.90 Å². The van der Waals surface area contributed by atoms with E-state index >= 15 is 0 Å². The van der Waals surface area contributed by atoms with Crippen LogP contribution in [0.25, 0.3) is 0 Å². The van der Waals surface area contributed by atoms with Crippen LogP contribution in [0.2, 0.25) is 0 Å². The van der Waals surface area contributed by atoms with Crippen LogP contribution in [0, 0.1) is 12.3 Å². The summed E-state index contributed by atoms with van der Waals surface area (Å²) >= 11 is 0. The molecule has 0 aromatic heterocycles. The molecule has 1 N–H and O–H groups in total. The van der Waals surface area contributed by atoms with Crippen LogP contribution in [0.3, 0.4) is 0 Å². The monoisotopic (exact) mass is 224 g/mol. The normalized spacial score (nSPS) is 13.8. The van der Waals surface area contributed by atoms with Gasteiger partial charge in [-0.1, -0.05) is 40.5 Å². The minimum absolute atomic E-state index is 0.105. The predicted octanol–water partition coefficient (Wildman–Crippen LogP) is 2.50. The molecular formula is C14H28N2. The van der Waals surface area contributed by atoms with Gasteiger partial charge >= 0.3 is 0 Å². The van der Waals surface area contributed by atoms with E-state index in [9.17, 15) is 0 Å². The van der Waals surface area contributed by atoms with Crippen LogP contribution in [0.5, 0.6) is 0 Å². The van der Waals surface area contributed by atoms with E-state index in [1.807, 2.05) is 0 Å². The van der Waals surface area contributed by atoms with Gasteiger partial charge in [-0.2, -0.15) is 0 Å². The van der Waals surface area contributed by atoms with E-state index in [-0.39, 0.29) is 11.6 Å². The summed E-state index contributed by atoms with van der Waals surface area (Å²) in [4.78, 5) is 2.50. The SMILES string of the molecule is C#CC(NCC)C(CC)(CC)N(CC)CC. The number of rotatable bonds is 8. The van der Waals surface area contributed by atoms with Crippen molar-refractivity contribution in [3.8, 4) is 12.3 Å². The molecule has 0 heterocycles. The molecule has 0 radical (unpaired) electrons. The minimum Gasteiger partial charge on any atom is -0.302 e. The summed E-state index contributed by atoms with van der Waals surface area (Å²) in [5.41, 5.74) is 0.105. The first kappa shape index (κ1) is 15.5. The molecule has 0 bridgehead atoms. The molecule has 0 aliphatic rings. The predicted molar refractivity (Wildman–Crippen MR) is 72.5 cm³/mol. The molecule has 2 heteroatoms. The average molecular weight is 224 g/mol. The van der Waals surface area contributed by atoms with Crippen LogP contribution < -0.4 is 5.32 Å². The Bertz CT molecular complexity index is 209. The van der Waals surface area contributed by atoms with Crippen molar-refractivity contribution in [1.29, 1.82) is 0 Å². The highest BCUT2D eigenvalue weighted by Crippen LogP contribution is 2.27. The Morgan fingerprint density at radius 3 is 1.88 bits per heavy atom. The molecule has 16 heavy (non-hydrogen) atoms. The van der Waals surface area contributed by atoms with Crippen molar-refractivity contribution in [1.82, 2.24) is 10.2 Å². The lowest BCUT2D eigenvalue weighted by atomic mass is 9.82. The second kappa shape index (κ2) is 7.70. The topological polar surface area (TPSA) is 15.3 Å². The molecule has 0 aliphatic carbocycles. The standard InChI is InChI=1S/C14H28N2/c1-7-13(15-10-4)14(8-2,9-3)16(11-5)12-6/h1,13,15H,8-12H2,2-6H3. The lowest BCUT2D eigenvalue weighted by molar-refractivity contribution is 0.0684. The second-order valence-electron chi connectivity index (χ2n) is 4.14. The maximum Gasteiger partial charge on any atom is 0.0873 e. The van der Waals surface area contributed by atoms with Crippen molar-refractivity contribution in [3.05, 3.63) is 0 Å². The van der Waals surface area contributed by atoms with Crippen LogP contribution in [-0.4, -0.2) is 36.1 Å². The Balaban J connectivity index is 5.11. The fourth-order valence-corrected chi connectivity index (χ4v) is 2.75. The molecule has 0 rings (SSSR count). The van der Waals surface area contributed by atoms with Crippen molar-refractivity contribution in [2.24, 2.45) is 0 Å². The van der Waals surface area contributed by atoms with E-state index in [1.165, 1.54) is 0 Å². The number of likely N-dealkylation sites (N-methyl/N-ethyl adjacent to an activating group) is 2. The van der Waals surface area contributed by atoms with E-state index in [1.54, 1.807) is 0 Å². The summed E-state index contributed by atoms with van der Waals surface area (Å²) < 4.78 is 0. The van der Waals surface area contributed by atoms with Gasteiger partial charge in [0.2, 0.25) is 0 Å². The molecule has 2 nitrogen and oxygen atoms in total. The van der Waals surface area contributed by atoms with Gasteiger partial charge in [0.25, 0.3) is 0 Å². The number of hydrogen-bond acceptors (Lipinski definition) is 2. The van der Waals surface area contributed by atoms with E-state index in [0.29, 0.717) is 0 Å². The molecule has 0 aliphatic heterocycles. The van der Waals surface area contributed by atoms with Crippen molar-refractivity contribution in [3.63, 3.8) is 0 Å². The third-order valence-corrected chi connectivity index (χ3v) is 3.73. The van der Waals surface area contributed by atoms with Gasteiger partial charge in [-0.25, -0.2) is 0 Å². The molecular weight excluding hydrogens is 196 g/mol. The van der Waals surface area contributed by atoms with Crippen LogP contribution in [0.15, 0.2) is 0 Å². The van der Waals surface area contributed by atoms with Gasteiger partial charge in [0.05, 0.1) is 6.04 Å². The van der Waals surface area contributed by atoms with Crippen molar-refractivity contribution < 1.29 is 0 Å². The first-order valence-electron chi connectivity index (χ1n) is 6.61. The minimum atomic E-state index is 0.105. The highest BCUT2D eigenvalue weighted by atomic mass is 15.2. The maximum atomic E-state index is 5.70. The van der Waals surface area contributed by atoms with E-state index in [4.69, 9.17) is 6.42 Å². The van der Waals surface area contributed by atoms with Crippen LogP contribution in [-0.2, 0) is 0 Å². The Hall–Kier alpha value is -0.520. The Labute approximate surface area is 102 Å². The van der Waals surface area contributed by atoms with Crippen molar-refractivity contribution in [2.45, 2.75) is 59.0 Å². The molecule has 0 amide bonds. The van der Waals surface area contributed by atoms with Crippen molar-refractivity contribution in [2.75, 3.05) is 19.6 Å². The average Bonchev–Trinajstić information content (AvgIpc) is 2.33. The third-order valence-electron chi connectivity index (χ3n) is 3.73. The second-order valence-corrected chi connectivity index (χ2v) is 4.14. The van der Waals surface area contributed by atoms with E-state index in [0.717, 1.165) is 32.5 Å². The molecule has 0 aromatic rings. The molecule has 0 aromatic carbocycles. The molecule has 0 saturated carbocycles. The molecule has 0 saturated heterocycles. The summed E-state index contributed by atoms with van der Waals surface area (Å²) in [5, 5.41) is 3.45. The van der Waals surface area contributed by atoms with Crippen molar-refractivity contribution >= 4 is 0 Å². The van der Waals surface area contributed by atoms with Crippen LogP contribution in [0.1, 0.15) is 47.5 Å². The van der Waals surface area contributed by atoms with Gasteiger partial charge in [0, 0.05) is 5.54 Å². The zero-order valence-electron chi connectivity index (χ0n) is 11.6. The molecule has 94 valence electrons. The quantitative estimate of drug-likeness (QED) is 0.637. The number of nitrogens with one attached hydrogen (secondary N) is 1. The molecule has 1 atom stereocenters. The largest absolute Gasteiger partial charge is 0.302 e. The smallest absolute Gasteiger partial charge is 0.0873 e. The first-order chi connectivity index (χ1) is 7.66. The Morgan fingerprint density at radius 2 is 1.62 bits per heavy atom. The number of nitrogens with zero attached hydrogens (tertiary/aromatic N) is 1. The Morgan fingerprint density at radius 1 is 1.12 bits per heavy atom. The number of terminal acetylenes is 1. The lowest BCUT2D eigenvalue weighted by Crippen LogP contribution is -2.60. The molecule has 1 unspecified atom stereocenters. The lowest BCUT2D eigenvalue weighted by Gasteiger charge is -2.46. The summed E-state index contributed by atoms with van der Waals surface area (Å²) in [6, 6.07) is 0.146. The van der Waals surface area contributed by atoms with Crippen LogP contribution in [0.4, 0.5) is 0 Å². The molecule has 0 spiro atoms. The van der Waals surface area contributed by atoms with Gasteiger partial charge in [0.1, 0.15) is 0 Å². The van der Waals surface area contributed by atoms with E-state index < -0.39 is 0 Å². The van der Waals surface area contributed by atoms with Gasteiger partial charge in [0.15, 0.2) is 0 Å². The summed E-state index contributed by atoms with van der Waals surface area (Å²) in [7, 11) is 0. The van der Waals surface area contributed by atoms with E-state index in [2.05, 4.69) is 50.8 Å². The van der Waals surface area contributed by atoms with Gasteiger partial charge < -0.3 is 5.32 Å². The Kier molecular flexibility index (Phi) is 7.45. The highest BCUT2D eigenvalue weighted by molar-refractivity contribution is 5.13. The summed E-state index contributed by atoms with van der Waals surface area (Å²) in [5.74, 6) is 2.94. The van der Waals surface area contributed by atoms with Gasteiger partial charge in [-0.05, 0) is 32.5 Å². The summed E-state index contributed by atoms with van der Waals surface area (Å²) in [6.07, 6.45) is 7.88. The summed E-state index contributed by atoms with van der Waals surface area (Å²) in [6.45, 7) is 14.1. The zero-order chi connectivity index (χ0) is 12.6. The maximum absolute atomic E-state index is 5.70. The van der Waals surface area contributed by atoms with Gasteiger partial charge in [-0.15, -0.1) is 6.42 Å². The molecule has 0 fully saturated rings. The first-order valence-corrected chi connectivity index (χ1v) is 6.61. The zero-order valence-corrected chi connectivity index (χ0v) is 11.6. The fraction of sp³-hybridized carbons (Fsp3) is 0.857. The fourth-order valence-electron chi connectivity index (χ4n) is 2.75. The third kappa shape index (κ3) is 2.99.